The number of hydrogen-bond acceptors (Lipinski definition) is 7. The number of nitrogens with zero attached hydrogens (tertiary/aromatic N) is 1. The van der Waals surface area contributed by atoms with Crippen molar-refractivity contribution in [3.05, 3.63) is 34.9 Å². The van der Waals surface area contributed by atoms with E-state index in [0.717, 1.165) is 10.5 Å². The predicted molar refractivity (Wildman–Crippen MR) is 89.9 cm³/mol. The second-order valence-corrected chi connectivity index (χ2v) is 6.32. The Bertz CT molecular complexity index is 774. The van der Waals surface area contributed by atoms with Crippen LogP contribution in [-0.4, -0.2) is 58.9 Å². The predicted octanol–water partition coefficient (Wildman–Crippen LogP) is -1.50. The van der Waals surface area contributed by atoms with E-state index in [1.165, 1.54) is 0 Å². The maximum absolute atomic E-state index is 12.7. The van der Waals surface area contributed by atoms with E-state index in [4.69, 9.17) is 10.8 Å². The molecule has 3 rings (SSSR count). The van der Waals surface area contributed by atoms with Crippen LogP contribution in [0.3, 0.4) is 0 Å². The molecule has 9 heteroatoms. The standard InChI is InChI=1S/C17H20N4O5/c18-6-10(8-22)19-7-9-1-2-11-12(5-9)17(26)21(16(11)25)13-3-4-14(23)20-15(13)24/h1-2,5,10,13,19,22H,3-4,6-8,18H2,(H,20,23,24)/t10-,13?/m1/s1. The first kappa shape index (κ1) is 18.2. The molecule has 9 nitrogen and oxygen atoms in total. The first-order chi connectivity index (χ1) is 12.5. The minimum atomic E-state index is -0.974. The molecule has 0 saturated carbocycles. The Labute approximate surface area is 149 Å². The summed E-state index contributed by atoms with van der Waals surface area (Å²) in [5.41, 5.74) is 6.73. The summed E-state index contributed by atoms with van der Waals surface area (Å²) in [6.45, 7) is 0.528. The largest absolute Gasteiger partial charge is 0.395 e. The minimum Gasteiger partial charge on any atom is -0.395 e. The highest BCUT2D eigenvalue weighted by molar-refractivity contribution is 6.23. The van der Waals surface area contributed by atoms with Crippen molar-refractivity contribution in [3.63, 3.8) is 0 Å². The highest BCUT2D eigenvalue weighted by Crippen LogP contribution is 2.28. The molecule has 2 heterocycles. The topological polar surface area (TPSA) is 142 Å². The average Bonchev–Trinajstić information content (AvgIpc) is 2.87. The molecule has 0 aliphatic carbocycles. The second kappa shape index (κ2) is 7.32. The Morgan fingerprint density at radius 3 is 2.62 bits per heavy atom. The molecule has 2 aliphatic rings. The van der Waals surface area contributed by atoms with Crippen LogP contribution < -0.4 is 16.4 Å². The summed E-state index contributed by atoms with van der Waals surface area (Å²) >= 11 is 0. The molecule has 138 valence electrons. The van der Waals surface area contributed by atoms with E-state index in [-0.39, 0.29) is 43.2 Å². The van der Waals surface area contributed by atoms with E-state index in [1.807, 2.05) is 0 Å². The fraction of sp³-hybridized carbons (Fsp3) is 0.412. The fourth-order valence-corrected chi connectivity index (χ4v) is 3.11. The molecule has 4 amide bonds. The monoisotopic (exact) mass is 360 g/mol. The molecule has 0 bridgehead atoms. The van der Waals surface area contributed by atoms with Crippen LogP contribution >= 0.6 is 0 Å². The van der Waals surface area contributed by atoms with Gasteiger partial charge in [-0.2, -0.15) is 0 Å². The molecule has 1 unspecified atom stereocenters. The van der Waals surface area contributed by atoms with Gasteiger partial charge in [-0.25, -0.2) is 0 Å². The van der Waals surface area contributed by atoms with Gasteiger partial charge in [0.15, 0.2) is 0 Å². The first-order valence-corrected chi connectivity index (χ1v) is 8.35. The maximum atomic E-state index is 12.7. The lowest BCUT2D eigenvalue weighted by Gasteiger charge is -2.27. The number of carbonyl (C=O) groups is 4. The Morgan fingerprint density at radius 2 is 1.96 bits per heavy atom. The van der Waals surface area contributed by atoms with E-state index in [1.54, 1.807) is 18.2 Å². The quantitative estimate of drug-likeness (QED) is 0.452. The minimum absolute atomic E-state index is 0.0839. The lowest BCUT2D eigenvalue weighted by molar-refractivity contribution is -0.136. The molecular formula is C17H20N4O5. The van der Waals surface area contributed by atoms with Crippen LogP contribution in [0.4, 0.5) is 0 Å². The first-order valence-electron chi connectivity index (χ1n) is 8.35. The van der Waals surface area contributed by atoms with Crippen LogP contribution in [0.5, 0.6) is 0 Å². The van der Waals surface area contributed by atoms with Gasteiger partial charge in [0.25, 0.3) is 11.8 Å². The normalized spacial score (nSPS) is 21.0. The van der Waals surface area contributed by atoms with E-state index in [9.17, 15) is 19.2 Å². The molecule has 0 radical (unpaired) electrons. The summed E-state index contributed by atoms with van der Waals surface area (Å²) in [4.78, 5) is 49.5. The van der Waals surface area contributed by atoms with Crippen molar-refractivity contribution < 1.29 is 24.3 Å². The van der Waals surface area contributed by atoms with Gasteiger partial charge in [-0.05, 0) is 24.1 Å². The smallest absolute Gasteiger partial charge is 0.262 e. The molecule has 1 saturated heterocycles. The van der Waals surface area contributed by atoms with Crippen molar-refractivity contribution in [2.45, 2.75) is 31.5 Å². The summed E-state index contributed by atoms with van der Waals surface area (Å²) in [5, 5.41) is 14.4. The van der Waals surface area contributed by atoms with Crippen LogP contribution in [0.1, 0.15) is 39.1 Å². The van der Waals surface area contributed by atoms with Crippen molar-refractivity contribution in [1.29, 1.82) is 0 Å². The number of imide groups is 2. The maximum Gasteiger partial charge on any atom is 0.262 e. The number of aliphatic hydroxyl groups excluding tert-OH is 1. The molecule has 0 spiro atoms. The molecule has 1 aromatic carbocycles. The number of aliphatic hydroxyl groups is 1. The summed E-state index contributed by atoms with van der Waals surface area (Å²) in [7, 11) is 0. The van der Waals surface area contributed by atoms with Gasteiger partial charge >= 0.3 is 0 Å². The van der Waals surface area contributed by atoms with E-state index in [0.29, 0.717) is 6.54 Å². The zero-order valence-corrected chi connectivity index (χ0v) is 14.0. The highest BCUT2D eigenvalue weighted by atomic mass is 16.3. The Balaban J connectivity index is 1.79. The third-order valence-electron chi connectivity index (χ3n) is 4.60. The zero-order chi connectivity index (χ0) is 18.8. The number of benzene rings is 1. The van der Waals surface area contributed by atoms with E-state index < -0.39 is 29.7 Å². The lowest BCUT2D eigenvalue weighted by atomic mass is 10.0. The van der Waals surface area contributed by atoms with Gasteiger partial charge < -0.3 is 16.2 Å². The number of fused-ring (bicyclic) bond motifs is 1. The molecule has 2 aliphatic heterocycles. The number of nitrogens with two attached hydrogens (primary N) is 1. The molecule has 0 aromatic heterocycles. The van der Waals surface area contributed by atoms with Crippen LogP contribution in [-0.2, 0) is 16.1 Å². The lowest BCUT2D eigenvalue weighted by Crippen LogP contribution is -2.54. The molecule has 1 aromatic rings. The molecule has 1 fully saturated rings. The third kappa shape index (κ3) is 3.24. The van der Waals surface area contributed by atoms with Crippen LogP contribution in [0.25, 0.3) is 0 Å². The molecular weight excluding hydrogens is 340 g/mol. The van der Waals surface area contributed by atoms with Gasteiger partial charge in [-0.15, -0.1) is 0 Å². The third-order valence-corrected chi connectivity index (χ3v) is 4.60. The Kier molecular flexibility index (Phi) is 5.12. The number of rotatable bonds is 6. The number of nitrogens with one attached hydrogen (secondary N) is 2. The number of hydrogen-bond donors (Lipinski definition) is 4. The van der Waals surface area contributed by atoms with Gasteiger partial charge in [-0.1, -0.05) is 6.07 Å². The van der Waals surface area contributed by atoms with E-state index >= 15 is 0 Å². The van der Waals surface area contributed by atoms with Crippen molar-refractivity contribution in [2.24, 2.45) is 5.73 Å². The average molecular weight is 360 g/mol. The summed E-state index contributed by atoms with van der Waals surface area (Å²) in [6, 6.07) is 3.61. The Morgan fingerprint density at radius 1 is 1.23 bits per heavy atom. The summed E-state index contributed by atoms with van der Waals surface area (Å²) in [5.74, 6) is -2.12. The van der Waals surface area contributed by atoms with E-state index in [2.05, 4.69) is 10.6 Å². The van der Waals surface area contributed by atoms with Gasteiger partial charge in [0, 0.05) is 25.6 Å². The zero-order valence-electron chi connectivity index (χ0n) is 14.0. The van der Waals surface area contributed by atoms with Gasteiger partial charge in [0.2, 0.25) is 11.8 Å². The van der Waals surface area contributed by atoms with Gasteiger partial charge in [0.05, 0.1) is 17.7 Å². The molecule has 5 N–H and O–H groups in total. The van der Waals surface area contributed by atoms with Crippen LogP contribution in [0.15, 0.2) is 18.2 Å². The SMILES string of the molecule is NC[C@H](CO)NCc1ccc2c(c1)C(=O)N(C1CCC(=O)NC1=O)C2=O. The summed E-state index contributed by atoms with van der Waals surface area (Å²) in [6.07, 6.45) is 0.208. The van der Waals surface area contributed by atoms with Gasteiger partial charge in [0.1, 0.15) is 6.04 Å². The van der Waals surface area contributed by atoms with Crippen LogP contribution in [0, 0.1) is 0 Å². The fourth-order valence-electron chi connectivity index (χ4n) is 3.11. The summed E-state index contributed by atoms with van der Waals surface area (Å²) < 4.78 is 0. The second-order valence-electron chi connectivity index (χ2n) is 6.32. The Hall–Kier alpha value is -2.62. The van der Waals surface area contributed by atoms with Crippen molar-refractivity contribution in [3.8, 4) is 0 Å². The number of piperidine rings is 1. The van der Waals surface area contributed by atoms with Crippen LogP contribution in [0.2, 0.25) is 0 Å². The highest BCUT2D eigenvalue weighted by Gasteiger charge is 2.44. The number of amides is 4. The van der Waals surface area contributed by atoms with Gasteiger partial charge in [-0.3, -0.25) is 29.4 Å². The van der Waals surface area contributed by atoms with Crippen molar-refractivity contribution >= 4 is 23.6 Å². The number of carbonyl (C=O) groups excluding carboxylic acids is 4. The molecule has 2 atom stereocenters. The van der Waals surface area contributed by atoms with Crippen molar-refractivity contribution in [1.82, 2.24) is 15.5 Å². The molecule has 26 heavy (non-hydrogen) atoms. The van der Waals surface area contributed by atoms with Crippen molar-refractivity contribution in [2.75, 3.05) is 13.2 Å².